The Morgan fingerprint density at radius 1 is 1.16 bits per heavy atom. The minimum atomic E-state index is -0.218. The number of Topliss-reactive ketones (excluding diaryl/α,β-unsaturated/α-hetero) is 1. The van der Waals surface area contributed by atoms with Gasteiger partial charge in [-0.2, -0.15) is 0 Å². The fourth-order valence-corrected chi connectivity index (χ4v) is 2.68. The molecule has 0 saturated heterocycles. The zero-order chi connectivity index (χ0) is 18.0. The Labute approximate surface area is 145 Å². The molecule has 0 radical (unpaired) electrons. The molecule has 0 aliphatic rings. The van der Waals surface area contributed by atoms with Crippen molar-refractivity contribution in [1.82, 2.24) is 9.97 Å². The van der Waals surface area contributed by atoms with Gasteiger partial charge in [-0.05, 0) is 47.9 Å². The number of ketones is 1. The van der Waals surface area contributed by atoms with Crippen LogP contribution in [0.25, 0.3) is 10.9 Å². The Balaban J connectivity index is 1.89. The molecular formula is C20H20N2O3. The number of hydrogen-bond acceptors (Lipinski definition) is 4. The van der Waals surface area contributed by atoms with Crippen molar-refractivity contribution in [2.75, 3.05) is 7.11 Å². The summed E-state index contributed by atoms with van der Waals surface area (Å²) in [4.78, 5) is 31.9. The number of nitrogens with one attached hydrogen (secondary N) is 1. The van der Waals surface area contributed by atoms with Crippen LogP contribution in [0.5, 0.6) is 5.75 Å². The molecule has 5 heteroatoms. The molecule has 0 fully saturated rings. The van der Waals surface area contributed by atoms with Gasteiger partial charge in [0.05, 0.1) is 24.4 Å². The molecule has 3 rings (SSSR count). The molecule has 25 heavy (non-hydrogen) atoms. The van der Waals surface area contributed by atoms with Crippen molar-refractivity contribution >= 4 is 16.7 Å². The Kier molecular flexibility index (Phi) is 4.65. The van der Waals surface area contributed by atoms with E-state index in [9.17, 15) is 9.59 Å². The minimum absolute atomic E-state index is 0.0451. The van der Waals surface area contributed by atoms with E-state index in [4.69, 9.17) is 4.74 Å². The molecule has 1 N–H and O–H groups in total. The lowest BCUT2D eigenvalue weighted by Crippen LogP contribution is -2.15. The highest BCUT2D eigenvalue weighted by Gasteiger charge is 2.12. The van der Waals surface area contributed by atoms with Gasteiger partial charge in [0.2, 0.25) is 0 Å². The molecule has 0 spiro atoms. The van der Waals surface area contributed by atoms with Gasteiger partial charge in [0, 0.05) is 5.56 Å². The van der Waals surface area contributed by atoms with Crippen LogP contribution in [0.3, 0.4) is 0 Å². The summed E-state index contributed by atoms with van der Waals surface area (Å²) in [6.07, 6.45) is 0.0451. The van der Waals surface area contributed by atoms with Crippen molar-refractivity contribution in [2.24, 2.45) is 0 Å². The van der Waals surface area contributed by atoms with Crippen molar-refractivity contribution in [2.45, 2.75) is 26.2 Å². The highest BCUT2D eigenvalue weighted by Crippen LogP contribution is 2.18. The second-order valence-electron chi connectivity index (χ2n) is 6.27. The van der Waals surface area contributed by atoms with Crippen molar-refractivity contribution in [3.05, 3.63) is 69.8 Å². The van der Waals surface area contributed by atoms with E-state index in [2.05, 4.69) is 23.8 Å². The van der Waals surface area contributed by atoms with Crippen LogP contribution in [0, 0.1) is 0 Å². The number of fused-ring (bicyclic) bond motifs is 1. The normalized spacial score (nSPS) is 11.0. The molecule has 3 aromatic rings. The van der Waals surface area contributed by atoms with E-state index in [0.29, 0.717) is 34.0 Å². The highest BCUT2D eigenvalue weighted by atomic mass is 16.5. The topological polar surface area (TPSA) is 72.0 Å². The van der Waals surface area contributed by atoms with E-state index in [1.54, 1.807) is 31.4 Å². The summed E-state index contributed by atoms with van der Waals surface area (Å²) in [5.41, 5.74) is 2.02. The van der Waals surface area contributed by atoms with E-state index >= 15 is 0 Å². The number of nitrogens with zero attached hydrogens (tertiary/aromatic N) is 1. The van der Waals surface area contributed by atoms with Gasteiger partial charge in [-0.15, -0.1) is 0 Å². The van der Waals surface area contributed by atoms with E-state index < -0.39 is 0 Å². The number of aromatic nitrogens is 2. The van der Waals surface area contributed by atoms with E-state index in [0.717, 1.165) is 5.56 Å². The maximum Gasteiger partial charge on any atom is 0.258 e. The second-order valence-corrected chi connectivity index (χ2v) is 6.27. The summed E-state index contributed by atoms with van der Waals surface area (Å²) in [6.45, 7) is 4.15. The maximum absolute atomic E-state index is 12.4. The third-order valence-corrected chi connectivity index (χ3v) is 4.19. The Hall–Kier alpha value is -2.95. The van der Waals surface area contributed by atoms with Crippen molar-refractivity contribution in [3.63, 3.8) is 0 Å². The fraction of sp³-hybridized carbons (Fsp3) is 0.250. The fourth-order valence-electron chi connectivity index (χ4n) is 2.68. The number of rotatable bonds is 5. The van der Waals surface area contributed by atoms with Gasteiger partial charge in [-0.3, -0.25) is 9.59 Å². The average Bonchev–Trinajstić information content (AvgIpc) is 2.61. The predicted octanol–water partition coefficient (Wildman–Crippen LogP) is 3.48. The molecule has 5 nitrogen and oxygen atoms in total. The summed E-state index contributed by atoms with van der Waals surface area (Å²) in [6, 6.07) is 12.5. The van der Waals surface area contributed by atoms with Crippen LogP contribution in [0.1, 0.15) is 41.5 Å². The quantitative estimate of drug-likeness (QED) is 0.724. The molecule has 1 aromatic heterocycles. The smallest absolute Gasteiger partial charge is 0.258 e. The van der Waals surface area contributed by atoms with E-state index in [-0.39, 0.29) is 17.8 Å². The minimum Gasteiger partial charge on any atom is -0.497 e. The van der Waals surface area contributed by atoms with Gasteiger partial charge in [-0.1, -0.05) is 19.9 Å². The monoisotopic (exact) mass is 336 g/mol. The Bertz CT molecular complexity index is 972. The van der Waals surface area contributed by atoms with E-state index in [1.807, 2.05) is 18.2 Å². The van der Waals surface area contributed by atoms with Crippen LogP contribution in [0.15, 0.2) is 47.3 Å². The summed E-state index contributed by atoms with van der Waals surface area (Å²) < 4.78 is 5.09. The van der Waals surface area contributed by atoms with E-state index in [1.165, 1.54) is 0 Å². The van der Waals surface area contributed by atoms with Crippen LogP contribution >= 0.6 is 0 Å². The molecule has 0 saturated carbocycles. The third kappa shape index (κ3) is 3.60. The van der Waals surface area contributed by atoms with Crippen LogP contribution in [0.4, 0.5) is 0 Å². The number of H-pyrrole nitrogens is 1. The molecule has 0 aliphatic heterocycles. The van der Waals surface area contributed by atoms with Crippen LogP contribution in [0.2, 0.25) is 0 Å². The highest BCUT2D eigenvalue weighted by molar-refractivity contribution is 5.97. The van der Waals surface area contributed by atoms with Crippen molar-refractivity contribution in [1.29, 1.82) is 0 Å². The lowest BCUT2D eigenvalue weighted by atomic mass is 10.0. The zero-order valence-electron chi connectivity index (χ0n) is 14.5. The number of carbonyl (C=O) groups excluding carboxylic acids is 1. The summed E-state index contributed by atoms with van der Waals surface area (Å²) in [7, 11) is 1.57. The Morgan fingerprint density at radius 2 is 1.88 bits per heavy atom. The molecule has 1 heterocycles. The summed E-state index contributed by atoms with van der Waals surface area (Å²) in [5, 5.41) is 0.548. The molecule has 128 valence electrons. The maximum atomic E-state index is 12.4. The van der Waals surface area contributed by atoms with Crippen LogP contribution in [-0.4, -0.2) is 22.9 Å². The van der Waals surface area contributed by atoms with Crippen molar-refractivity contribution < 1.29 is 9.53 Å². The molecule has 0 unspecified atom stereocenters. The predicted molar refractivity (Wildman–Crippen MR) is 97.5 cm³/mol. The van der Waals surface area contributed by atoms with Crippen LogP contribution in [-0.2, 0) is 6.42 Å². The number of benzene rings is 2. The van der Waals surface area contributed by atoms with Gasteiger partial charge < -0.3 is 9.72 Å². The molecule has 2 aromatic carbocycles. The van der Waals surface area contributed by atoms with Gasteiger partial charge in [0.15, 0.2) is 5.78 Å². The first-order chi connectivity index (χ1) is 12.0. The van der Waals surface area contributed by atoms with Gasteiger partial charge in [-0.25, -0.2) is 4.98 Å². The molecular weight excluding hydrogens is 316 g/mol. The number of ether oxygens (including phenoxy) is 1. The lowest BCUT2D eigenvalue weighted by molar-refractivity contribution is 0.0991. The average molecular weight is 336 g/mol. The first kappa shape index (κ1) is 16.9. The number of carbonyl (C=O) groups is 1. The molecule has 0 aliphatic carbocycles. The van der Waals surface area contributed by atoms with Gasteiger partial charge in [0.25, 0.3) is 5.56 Å². The molecule has 0 amide bonds. The first-order valence-electron chi connectivity index (χ1n) is 8.18. The van der Waals surface area contributed by atoms with Gasteiger partial charge >= 0.3 is 0 Å². The second kappa shape index (κ2) is 6.89. The first-order valence-corrected chi connectivity index (χ1v) is 8.18. The van der Waals surface area contributed by atoms with Gasteiger partial charge in [0.1, 0.15) is 11.6 Å². The molecule has 0 bridgehead atoms. The number of aromatic amines is 1. The number of methoxy groups -OCH3 is 1. The van der Waals surface area contributed by atoms with Crippen LogP contribution < -0.4 is 10.3 Å². The standard InChI is InChI=1S/C20H20N2O3/c1-12(2)14-6-9-17-16(10-14)20(24)22-19(21-17)11-18(23)13-4-7-15(25-3)8-5-13/h4-10,12H,11H2,1-3H3,(H,21,22,24). The number of hydrogen-bond donors (Lipinski definition) is 1. The zero-order valence-corrected chi connectivity index (χ0v) is 14.5. The largest absolute Gasteiger partial charge is 0.497 e. The summed E-state index contributed by atoms with van der Waals surface area (Å²) in [5.74, 6) is 1.29. The SMILES string of the molecule is COc1ccc(C(=O)Cc2nc3ccc(C(C)C)cc3c(=O)[nH]2)cc1. The molecule has 0 atom stereocenters. The third-order valence-electron chi connectivity index (χ3n) is 4.19. The lowest BCUT2D eigenvalue weighted by Gasteiger charge is -2.07. The van der Waals surface area contributed by atoms with Crippen molar-refractivity contribution in [3.8, 4) is 5.75 Å². The Morgan fingerprint density at radius 3 is 2.52 bits per heavy atom. The summed E-state index contributed by atoms with van der Waals surface area (Å²) >= 11 is 0.